The number of H-pyrrole nitrogens is 1. The van der Waals surface area contributed by atoms with Gasteiger partial charge in [0.05, 0.1) is 0 Å². The maximum atomic E-state index is 12.0. The molecule has 8 nitrogen and oxygen atoms in total. The number of rotatable bonds is 6. The van der Waals surface area contributed by atoms with Crippen LogP contribution in [0.25, 0.3) is 10.9 Å². The van der Waals surface area contributed by atoms with Gasteiger partial charge in [-0.1, -0.05) is 11.6 Å². The zero-order chi connectivity index (χ0) is 17.8. The molecule has 3 rings (SSSR count). The van der Waals surface area contributed by atoms with Crippen LogP contribution in [0.15, 0.2) is 36.5 Å². The second-order valence-electron chi connectivity index (χ2n) is 5.70. The molecule has 0 aliphatic heterocycles. The summed E-state index contributed by atoms with van der Waals surface area (Å²) >= 11 is 0. The number of aryl methyl sites for hydroxylation is 2. The zero-order valence-corrected chi connectivity index (χ0v) is 13.7. The lowest BCUT2D eigenvalue weighted by Crippen LogP contribution is -2.30. The van der Waals surface area contributed by atoms with Crippen LogP contribution in [0.4, 0.5) is 5.82 Å². The van der Waals surface area contributed by atoms with E-state index in [0.717, 1.165) is 16.5 Å². The molecule has 5 N–H and O–H groups in total. The molecule has 25 heavy (non-hydrogen) atoms. The van der Waals surface area contributed by atoms with Gasteiger partial charge < -0.3 is 10.7 Å². The molecule has 3 aromatic rings. The highest BCUT2D eigenvalue weighted by atomic mass is 16.2. The van der Waals surface area contributed by atoms with Gasteiger partial charge in [-0.3, -0.25) is 20.4 Å². The second-order valence-corrected chi connectivity index (χ2v) is 5.70. The highest BCUT2D eigenvalue weighted by Gasteiger charge is 2.08. The molecule has 0 aliphatic rings. The number of primary amides is 1. The number of anilines is 1. The minimum atomic E-state index is -0.656. The summed E-state index contributed by atoms with van der Waals surface area (Å²) in [5, 5.41) is 8.53. The van der Waals surface area contributed by atoms with E-state index in [1.807, 2.05) is 25.3 Å². The Labute approximate surface area is 143 Å². The predicted octanol–water partition coefficient (Wildman–Crippen LogP) is 1.44. The van der Waals surface area contributed by atoms with Crippen molar-refractivity contribution in [2.24, 2.45) is 5.73 Å². The van der Waals surface area contributed by atoms with Crippen molar-refractivity contribution in [3.63, 3.8) is 0 Å². The van der Waals surface area contributed by atoms with Crippen LogP contribution >= 0.6 is 0 Å². The molecule has 0 aliphatic carbocycles. The highest BCUT2D eigenvalue weighted by Crippen LogP contribution is 2.20. The number of fused-ring (bicyclic) bond motifs is 1. The van der Waals surface area contributed by atoms with Gasteiger partial charge >= 0.3 is 0 Å². The third-order valence-electron chi connectivity index (χ3n) is 3.79. The van der Waals surface area contributed by atoms with E-state index in [9.17, 15) is 9.59 Å². The molecule has 128 valence electrons. The number of aromatic nitrogens is 3. The van der Waals surface area contributed by atoms with Gasteiger partial charge in [-0.25, -0.2) is 0 Å². The van der Waals surface area contributed by atoms with E-state index >= 15 is 0 Å². The molecule has 0 spiro atoms. The SMILES string of the molecule is Cc1ccc2[nH]cc(CCC(=O)NNc3ccc(C(N)=O)nn3)c2c1. The minimum Gasteiger partial charge on any atom is -0.364 e. The number of carbonyl (C=O) groups excluding carboxylic acids is 2. The Balaban J connectivity index is 1.54. The molecule has 2 heterocycles. The molecule has 0 saturated heterocycles. The molecule has 1 aromatic carbocycles. The number of nitrogens with zero attached hydrogens (tertiary/aromatic N) is 2. The van der Waals surface area contributed by atoms with Gasteiger partial charge in [-0.2, -0.15) is 0 Å². The topological polar surface area (TPSA) is 126 Å². The Kier molecular flexibility index (Phi) is 4.60. The van der Waals surface area contributed by atoms with Crippen molar-refractivity contribution in [1.29, 1.82) is 0 Å². The third-order valence-corrected chi connectivity index (χ3v) is 3.79. The monoisotopic (exact) mass is 338 g/mol. The standard InChI is InChI=1S/C17H18N6O2/c1-10-2-4-13-12(8-10)11(9-19-13)3-7-16(24)23-22-15-6-5-14(17(18)25)20-21-15/h2,4-6,8-9,19H,3,7H2,1H3,(H2,18,25)(H,21,22)(H,23,24). The summed E-state index contributed by atoms with van der Waals surface area (Å²) in [6.07, 6.45) is 2.86. The van der Waals surface area contributed by atoms with Gasteiger partial charge in [-0.15, -0.1) is 10.2 Å². The lowest BCUT2D eigenvalue weighted by molar-refractivity contribution is -0.120. The summed E-state index contributed by atoms with van der Waals surface area (Å²) in [5.74, 6) is -0.513. The summed E-state index contributed by atoms with van der Waals surface area (Å²) in [7, 11) is 0. The smallest absolute Gasteiger partial charge is 0.269 e. The van der Waals surface area contributed by atoms with E-state index in [0.29, 0.717) is 18.7 Å². The Bertz CT molecular complexity index is 917. The first-order valence-electron chi connectivity index (χ1n) is 7.78. The molecule has 0 saturated carbocycles. The van der Waals surface area contributed by atoms with E-state index < -0.39 is 5.91 Å². The fourth-order valence-electron chi connectivity index (χ4n) is 2.47. The zero-order valence-electron chi connectivity index (χ0n) is 13.7. The molecular weight excluding hydrogens is 320 g/mol. The third kappa shape index (κ3) is 3.92. The van der Waals surface area contributed by atoms with Crippen molar-refractivity contribution in [2.45, 2.75) is 19.8 Å². The fourth-order valence-corrected chi connectivity index (χ4v) is 2.47. The van der Waals surface area contributed by atoms with Crippen molar-refractivity contribution < 1.29 is 9.59 Å². The Morgan fingerprint density at radius 2 is 2.04 bits per heavy atom. The van der Waals surface area contributed by atoms with Crippen molar-refractivity contribution in [3.8, 4) is 0 Å². The van der Waals surface area contributed by atoms with Crippen LogP contribution in [0.3, 0.4) is 0 Å². The molecule has 0 bridgehead atoms. The largest absolute Gasteiger partial charge is 0.364 e. The fraction of sp³-hybridized carbons (Fsp3) is 0.176. The van der Waals surface area contributed by atoms with Crippen LogP contribution < -0.4 is 16.6 Å². The van der Waals surface area contributed by atoms with Crippen LogP contribution in [0, 0.1) is 6.92 Å². The predicted molar refractivity (Wildman–Crippen MR) is 93.7 cm³/mol. The van der Waals surface area contributed by atoms with E-state index in [-0.39, 0.29) is 11.6 Å². The van der Waals surface area contributed by atoms with Gasteiger partial charge in [0.15, 0.2) is 11.5 Å². The minimum absolute atomic E-state index is 0.0616. The Morgan fingerprint density at radius 3 is 2.76 bits per heavy atom. The molecule has 2 aromatic heterocycles. The van der Waals surface area contributed by atoms with Gasteiger partial charge in [0.1, 0.15) is 0 Å². The Hall–Kier alpha value is -3.42. The van der Waals surface area contributed by atoms with Gasteiger partial charge in [0.25, 0.3) is 5.91 Å². The summed E-state index contributed by atoms with van der Waals surface area (Å²) in [5.41, 5.74) is 13.7. The van der Waals surface area contributed by atoms with Gasteiger partial charge in [0, 0.05) is 23.5 Å². The summed E-state index contributed by atoms with van der Waals surface area (Å²) in [6, 6.07) is 9.12. The molecule has 2 amide bonds. The van der Waals surface area contributed by atoms with E-state index in [2.05, 4.69) is 32.1 Å². The van der Waals surface area contributed by atoms with Gasteiger partial charge in [0.2, 0.25) is 5.91 Å². The van der Waals surface area contributed by atoms with E-state index in [4.69, 9.17) is 5.73 Å². The molecule has 0 radical (unpaired) electrons. The Morgan fingerprint density at radius 1 is 1.20 bits per heavy atom. The van der Waals surface area contributed by atoms with E-state index in [1.165, 1.54) is 17.7 Å². The highest BCUT2D eigenvalue weighted by molar-refractivity contribution is 5.90. The number of benzene rings is 1. The van der Waals surface area contributed by atoms with Crippen LogP contribution in [0.2, 0.25) is 0 Å². The average molecular weight is 338 g/mol. The normalized spacial score (nSPS) is 10.6. The first-order valence-corrected chi connectivity index (χ1v) is 7.78. The van der Waals surface area contributed by atoms with Crippen molar-refractivity contribution in [3.05, 3.63) is 53.3 Å². The molecule has 8 heteroatoms. The number of hydrogen-bond donors (Lipinski definition) is 4. The van der Waals surface area contributed by atoms with Crippen LogP contribution in [0.1, 0.15) is 28.0 Å². The van der Waals surface area contributed by atoms with Crippen molar-refractivity contribution >= 4 is 28.5 Å². The first kappa shape index (κ1) is 16.4. The summed E-state index contributed by atoms with van der Waals surface area (Å²) in [4.78, 5) is 26.1. The number of amides is 2. The number of nitrogens with one attached hydrogen (secondary N) is 3. The maximum absolute atomic E-state index is 12.0. The summed E-state index contributed by atoms with van der Waals surface area (Å²) in [6.45, 7) is 2.04. The lowest BCUT2D eigenvalue weighted by atomic mass is 10.1. The quantitative estimate of drug-likeness (QED) is 0.506. The molecule has 0 fully saturated rings. The van der Waals surface area contributed by atoms with Crippen LogP contribution in [-0.4, -0.2) is 27.0 Å². The molecule has 0 atom stereocenters. The average Bonchev–Trinajstić information content (AvgIpc) is 3.00. The van der Waals surface area contributed by atoms with Crippen molar-refractivity contribution in [1.82, 2.24) is 20.6 Å². The van der Waals surface area contributed by atoms with Crippen LogP contribution in [0.5, 0.6) is 0 Å². The molecular formula is C17H18N6O2. The van der Waals surface area contributed by atoms with Gasteiger partial charge in [-0.05, 0) is 43.2 Å². The number of hydrogen-bond acceptors (Lipinski definition) is 5. The second kappa shape index (κ2) is 7.00. The molecule has 0 unspecified atom stereocenters. The first-order chi connectivity index (χ1) is 12.0. The summed E-state index contributed by atoms with van der Waals surface area (Å²) < 4.78 is 0. The van der Waals surface area contributed by atoms with E-state index in [1.54, 1.807) is 0 Å². The number of hydrazine groups is 1. The number of nitrogens with two attached hydrogens (primary N) is 1. The van der Waals surface area contributed by atoms with Crippen LogP contribution in [-0.2, 0) is 11.2 Å². The lowest BCUT2D eigenvalue weighted by Gasteiger charge is -2.07. The van der Waals surface area contributed by atoms with Crippen molar-refractivity contribution in [2.75, 3.05) is 5.43 Å². The number of carbonyl (C=O) groups is 2. The maximum Gasteiger partial charge on any atom is 0.269 e. The number of aromatic amines is 1.